The van der Waals surface area contributed by atoms with Crippen LogP contribution in [0.3, 0.4) is 0 Å². The Balaban J connectivity index is 2.00. The van der Waals surface area contributed by atoms with Gasteiger partial charge in [0.05, 0.1) is 7.11 Å². The van der Waals surface area contributed by atoms with Gasteiger partial charge in [-0.3, -0.25) is 4.79 Å². The van der Waals surface area contributed by atoms with E-state index < -0.39 is 0 Å². The van der Waals surface area contributed by atoms with Crippen molar-refractivity contribution < 1.29 is 9.53 Å². The highest BCUT2D eigenvalue weighted by Gasteiger charge is 2.06. The number of methoxy groups -OCH3 is 1. The molecule has 0 aliphatic rings. The summed E-state index contributed by atoms with van der Waals surface area (Å²) in [6, 6.07) is 10.9. The van der Waals surface area contributed by atoms with Crippen molar-refractivity contribution in [3.05, 3.63) is 58.3 Å². The molecule has 1 N–H and O–H groups in total. The monoisotopic (exact) mass is 320 g/mol. The smallest absolute Gasteiger partial charge is 0.251 e. The van der Waals surface area contributed by atoms with E-state index >= 15 is 0 Å². The Morgan fingerprint density at radius 1 is 1.37 bits per heavy atom. The van der Waals surface area contributed by atoms with Crippen LogP contribution in [0.15, 0.2) is 47.2 Å². The molecule has 19 heavy (non-hydrogen) atoms. The third-order valence-electron chi connectivity index (χ3n) is 2.58. The van der Waals surface area contributed by atoms with Crippen LogP contribution >= 0.6 is 15.9 Å². The van der Waals surface area contributed by atoms with Crippen molar-refractivity contribution >= 4 is 21.8 Å². The van der Waals surface area contributed by atoms with Crippen LogP contribution in [0.4, 0.5) is 0 Å². The summed E-state index contributed by atoms with van der Waals surface area (Å²) >= 11 is 3.24. The molecule has 5 heteroatoms. The molecule has 0 atom stereocenters. The number of rotatable bonds is 4. The van der Waals surface area contributed by atoms with Gasteiger partial charge in [0.2, 0.25) is 0 Å². The molecule has 1 aromatic heterocycles. The third-order valence-corrected chi connectivity index (χ3v) is 3.01. The molecule has 4 nitrogen and oxygen atoms in total. The summed E-state index contributed by atoms with van der Waals surface area (Å²) in [6.45, 7) is 0.454. The summed E-state index contributed by atoms with van der Waals surface area (Å²) in [4.78, 5) is 15.9. The number of carbonyl (C=O) groups is 1. The summed E-state index contributed by atoms with van der Waals surface area (Å²) in [5, 5.41) is 2.85. The fraction of sp³-hybridized carbons (Fsp3) is 0.143. The van der Waals surface area contributed by atoms with E-state index in [1.165, 1.54) is 0 Å². The van der Waals surface area contributed by atoms with E-state index in [-0.39, 0.29) is 5.91 Å². The second-order valence-corrected chi connectivity index (χ2v) is 4.71. The molecule has 2 rings (SSSR count). The van der Waals surface area contributed by atoms with Crippen molar-refractivity contribution in [2.24, 2.45) is 0 Å². The minimum Gasteiger partial charge on any atom is -0.497 e. The number of nitrogens with one attached hydrogen (secondary N) is 1. The number of carbonyl (C=O) groups excluding carboxylic acids is 1. The van der Waals surface area contributed by atoms with Crippen LogP contribution in [0.25, 0.3) is 0 Å². The zero-order chi connectivity index (χ0) is 13.7. The van der Waals surface area contributed by atoms with Crippen molar-refractivity contribution in [2.75, 3.05) is 7.11 Å². The lowest BCUT2D eigenvalue weighted by Crippen LogP contribution is -2.22. The Kier molecular flexibility index (Phi) is 4.52. The van der Waals surface area contributed by atoms with E-state index in [9.17, 15) is 4.79 Å². The molecule has 2 aromatic rings. The number of benzene rings is 1. The van der Waals surface area contributed by atoms with Gasteiger partial charge in [-0.25, -0.2) is 4.98 Å². The highest BCUT2D eigenvalue weighted by Crippen LogP contribution is 2.13. The molecule has 1 amide bonds. The highest BCUT2D eigenvalue weighted by molar-refractivity contribution is 9.10. The number of hydrogen-bond acceptors (Lipinski definition) is 3. The molecule has 1 heterocycles. The van der Waals surface area contributed by atoms with Crippen molar-refractivity contribution in [2.45, 2.75) is 6.54 Å². The van der Waals surface area contributed by atoms with Crippen LogP contribution in [0.5, 0.6) is 5.75 Å². The maximum Gasteiger partial charge on any atom is 0.251 e. The second kappa shape index (κ2) is 6.33. The molecule has 98 valence electrons. The first kappa shape index (κ1) is 13.5. The predicted molar refractivity (Wildman–Crippen MR) is 76.1 cm³/mol. The highest BCUT2D eigenvalue weighted by atomic mass is 79.9. The SMILES string of the molecule is COc1cccc(CNC(=O)c2ccnc(Br)c2)c1. The molecular weight excluding hydrogens is 308 g/mol. The van der Waals surface area contributed by atoms with Gasteiger partial charge < -0.3 is 10.1 Å². The van der Waals surface area contributed by atoms with E-state index in [0.717, 1.165) is 11.3 Å². The van der Waals surface area contributed by atoms with Crippen molar-refractivity contribution in [1.82, 2.24) is 10.3 Å². The number of pyridine rings is 1. The largest absolute Gasteiger partial charge is 0.497 e. The first-order chi connectivity index (χ1) is 9.19. The summed E-state index contributed by atoms with van der Waals surface area (Å²) in [7, 11) is 1.62. The Morgan fingerprint density at radius 2 is 2.21 bits per heavy atom. The summed E-state index contributed by atoms with van der Waals surface area (Å²) in [6.07, 6.45) is 1.59. The van der Waals surface area contributed by atoms with E-state index in [1.807, 2.05) is 24.3 Å². The van der Waals surface area contributed by atoms with E-state index in [2.05, 4.69) is 26.2 Å². The zero-order valence-corrected chi connectivity index (χ0v) is 12.0. The number of halogens is 1. The number of amides is 1. The first-order valence-electron chi connectivity index (χ1n) is 5.72. The lowest BCUT2D eigenvalue weighted by atomic mass is 10.2. The molecule has 0 aliphatic heterocycles. The zero-order valence-electron chi connectivity index (χ0n) is 10.4. The second-order valence-electron chi connectivity index (χ2n) is 3.90. The maximum atomic E-state index is 11.9. The summed E-state index contributed by atoms with van der Waals surface area (Å²) in [5.74, 6) is 0.643. The van der Waals surface area contributed by atoms with Gasteiger partial charge in [0.1, 0.15) is 10.4 Å². The van der Waals surface area contributed by atoms with Crippen LogP contribution < -0.4 is 10.1 Å². The van der Waals surface area contributed by atoms with Crippen molar-refractivity contribution in [3.8, 4) is 5.75 Å². The summed E-state index contributed by atoms with van der Waals surface area (Å²) in [5.41, 5.74) is 1.56. The molecule has 0 bridgehead atoms. The standard InChI is InChI=1S/C14H13BrN2O2/c1-19-12-4-2-3-10(7-12)9-17-14(18)11-5-6-16-13(15)8-11/h2-8H,9H2,1H3,(H,17,18). The average molecular weight is 321 g/mol. The molecule has 1 aromatic carbocycles. The lowest BCUT2D eigenvalue weighted by Gasteiger charge is -2.07. The molecule has 0 unspecified atom stereocenters. The molecule has 0 spiro atoms. The molecular formula is C14H13BrN2O2. The first-order valence-corrected chi connectivity index (χ1v) is 6.51. The van der Waals surface area contributed by atoms with Gasteiger partial charge in [-0.1, -0.05) is 12.1 Å². The number of aromatic nitrogens is 1. The van der Waals surface area contributed by atoms with Gasteiger partial charge in [-0.15, -0.1) is 0 Å². The van der Waals surface area contributed by atoms with Crippen molar-refractivity contribution in [3.63, 3.8) is 0 Å². The molecule has 0 aliphatic carbocycles. The Hall–Kier alpha value is -1.88. The van der Waals surface area contributed by atoms with Gasteiger partial charge in [0, 0.05) is 18.3 Å². The topological polar surface area (TPSA) is 51.2 Å². The van der Waals surface area contributed by atoms with Gasteiger partial charge in [-0.2, -0.15) is 0 Å². The minimum absolute atomic E-state index is 0.133. The van der Waals surface area contributed by atoms with Gasteiger partial charge >= 0.3 is 0 Å². The predicted octanol–water partition coefficient (Wildman–Crippen LogP) is 2.78. The van der Waals surface area contributed by atoms with Gasteiger partial charge in [0.15, 0.2) is 0 Å². The molecule has 0 radical (unpaired) electrons. The normalized spacial score (nSPS) is 10.0. The molecule has 0 saturated heterocycles. The minimum atomic E-state index is -0.133. The summed E-state index contributed by atoms with van der Waals surface area (Å²) < 4.78 is 5.78. The number of ether oxygens (including phenoxy) is 1. The van der Waals surface area contributed by atoms with Crippen LogP contribution in [0.1, 0.15) is 15.9 Å². The van der Waals surface area contributed by atoms with Gasteiger partial charge in [0.25, 0.3) is 5.91 Å². The van der Waals surface area contributed by atoms with Crippen LogP contribution in [0, 0.1) is 0 Å². The third kappa shape index (κ3) is 3.79. The Bertz CT molecular complexity index is 587. The Labute approximate surface area is 119 Å². The van der Waals surface area contributed by atoms with E-state index in [4.69, 9.17) is 4.74 Å². The molecule has 0 fully saturated rings. The van der Waals surface area contributed by atoms with Crippen LogP contribution in [0.2, 0.25) is 0 Å². The van der Waals surface area contributed by atoms with E-state index in [0.29, 0.717) is 16.7 Å². The fourth-order valence-corrected chi connectivity index (χ4v) is 1.98. The quantitative estimate of drug-likeness (QED) is 0.881. The fourth-order valence-electron chi connectivity index (χ4n) is 1.61. The van der Waals surface area contributed by atoms with E-state index in [1.54, 1.807) is 25.4 Å². The Morgan fingerprint density at radius 3 is 2.95 bits per heavy atom. The number of hydrogen-bond donors (Lipinski definition) is 1. The maximum absolute atomic E-state index is 11.9. The van der Waals surface area contributed by atoms with Gasteiger partial charge in [-0.05, 0) is 45.8 Å². The van der Waals surface area contributed by atoms with Crippen molar-refractivity contribution in [1.29, 1.82) is 0 Å². The average Bonchev–Trinajstić information content (AvgIpc) is 2.45. The number of nitrogens with zero attached hydrogens (tertiary/aromatic N) is 1. The van der Waals surface area contributed by atoms with Crippen LogP contribution in [-0.4, -0.2) is 18.0 Å². The molecule has 0 saturated carbocycles. The van der Waals surface area contributed by atoms with Crippen LogP contribution in [-0.2, 0) is 6.54 Å². The lowest BCUT2D eigenvalue weighted by molar-refractivity contribution is 0.0950.